The molecule has 2 atom stereocenters. The first-order valence-electron chi connectivity index (χ1n) is 8.55. The highest BCUT2D eigenvalue weighted by Gasteiger charge is 2.52. The molecule has 0 spiro atoms. The topological polar surface area (TPSA) is 95.0 Å². The number of nitrogens with one attached hydrogen (secondary N) is 1. The summed E-state index contributed by atoms with van der Waals surface area (Å²) in [6.07, 6.45) is 3.19. The van der Waals surface area contributed by atoms with Crippen LogP contribution in [-0.4, -0.2) is 69.7 Å². The van der Waals surface area contributed by atoms with Crippen LogP contribution in [0.25, 0.3) is 0 Å². The molecular weight excluding hydrogens is 324 g/mol. The second kappa shape index (κ2) is 6.05. The van der Waals surface area contributed by atoms with Crippen molar-refractivity contribution in [2.45, 2.75) is 38.0 Å². The first-order chi connectivity index (χ1) is 12.0. The number of fused-ring (bicyclic) bond motifs is 3. The summed E-state index contributed by atoms with van der Waals surface area (Å²) in [7, 11) is 0. The third-order valence-electron chi connectivity index (χ3n) is 5.50. The van der Waals surface area contributed by atoms with Gasteiger partial charge < -0.3 is 9.64 Å². The molecule has 2 fully saturated rings. The summed E-state index contributed by atoms with van der Waals surface area (Å²) in [6.45, 7) is 5.26. The predicted octanol–water partition coefficient (Wildman–Crippen LogP) is -0.0515. The Morgan fingerprint density at radius 3 is 3.08 bits per heavy atom. The normalized spacial score (nSPS) is 28.1. The van der Waals surface area contributed by atoms with Crippen molar-refractivity contribution in [2.75, 3.05) is 26.2 Å². The molecule has 3 aliphatic heterocycles. The van der Waals surface area contributed by atoms with Crippen molar-refractivity contribution >= 4 is 11.8 Å². The van der Waals surface area contributed by atoms with Gasteiger partial charge in [-0.3, -0.25) is 24.7 Å². The Hall–Kier alpha value is -2.03. The van der Waals surface area contributed by atoms with Crippen molar-refractivity contribution in [3.05, 3.63) is 29.1 Å². The van der Waals surface area contributed by atoms with Gasteiger partial charge in [-0.2, -0.15) is 0 Å². The number of rotatable bonds is 3. The molecule has 134 valence electrons. The summed E-state index contributed by atoms with van der Waals surface area (Å²) < 4.78 is 6.04. The predicted molar refractivity (Wildman–Crippen MR) is 86.9 cm³/mol. The Bertz CT molecular complexity index is 725. The van der Waals surface area contributed by atoms with Gasteiger partial charge in [-0.15, -0.1) is 0 Å². The van der Waals surface area contributed by atoms with Gasteiger partial charge in [-0.25, -0.2) is 5.48 Å². The van der Waals surface area contributed by atoms with Crippen LogP contribution in [0.2, 0.25) is 0 Å². The first-order valence-corrected chi connectivity index (χ1v) is 8.55. The largest absolute Gasteiger partial charge is 0.370 e. The number of likely N-dealkylation sites (tertiary alicyclic amines) is 1. The molecule has 1 aromatic rings. The van der Waals surface area contributed by atoms with Gasteiger partial charge in [0.15, 0.2) is 0 Å². The van der Waals surface area contributed by atoms with Gasteiger partial charge in [0.05, 0.1) is 30.5 Å². The maximum absolute atomic E-state index is 11.7. The van der Waals surface area contributed by atoms with E-state index in [1.165, 1.54) is 6.20 Å². The highest BCUT2D eigenvalue weighted by Crippen LogP contribution is 2.38. The molecule has 25 heavy (non-hydrogen) atoms. The van der Waals surface area contributed by atoms with E-state index in [2.05, 4.69) is 9.88 Å². The lowest BCUT2D eigenvalue weighted by Crippen LogP contribution is -2.51. The molecule has 0 unspecified atom stereocenters. The van der Waals surface area contributed by atoms with Gasteiger partial charge in [0.2, 0.25) is 5.91 Å². The summed E-state index contributed by atoms with van der Waals surface area (Å²) in [5.41, 5.74) is 3.73. The van der Waals surface area contributed by atoms with Crippen LogP contribution in [-0.2, 0) is 22.5 Å². The lowest BCUT2D eigenvalue weighted by molar-refractivity contribution is -0.137. The van der Waals surface area contributed by atoms with Crippen LogP contribution in [0.15, 0.2) is 12.3 Å². The number of morpholine rings is 1. The van der Waals surface area contributed by atoms with Gasteiger partial charge in [0.25, 0.3) is 5.91 Å². The van der Waals surface area contributed by atoms with Crippen LogP contribution in [0.4, 0.5) is 0 Å². The number of hydroxylamine groups is 1. The van der Waals surface area contributed by atoms with Crippen LogP contribution in [0.3, 0.4) is 0 Å². The van der Waals surface area contributed by atoms with Gasteiger partial charge in [0, 0.05) is 39.2 Å². The second-order valence-electron chi connectivity index (χ2n) is 7.23. The van der Waals surface area contributed by atoms with Crippen molar-refractivity contribution in [1.82, 2.24) is 20.3 Å². The van der Waals surface area contributed by atoms with Crippen molar-refractivity contribution in [2.24, 2.45) is 0 Å². The van der Waals surface area contributed by atoms with Crippen LogP contribution < -0.4 is 5.48 Å². The number of aromatic nitrogens is 1. The Balaban J connectivity index is 1.45. The van der Waals surface area contributed by atoms with Crippen molar-refractivity contribution in [3.63, 3.8) is 0 Å². The Morgan fingerprint density at radius 1 is 1.52 bits per heavy atom. The van der Waals surface area contributed by atoms with Gasteiger partial charge >= 0.3 is 0 Å². The summed E-state index contributed by atoms with van der Waals surface area (Å²) >= 11 is 0. The zero-order valence-corrected chi connectivity index (χ0v) is 14.2. The number of hydrogen-bond donors (Lipinski definition) is 2. The third-order valence-corrected chi connectivity index (χ3v) is 5.50. The van der Waals surface area contributed by atoms with E-state index < -0.39 is 5.91 Å². The molecule has 0 saturated carbocycles. The van der Waals surface area contributed by atoms with Crippen molar-refractivity contribution < 1.29 is 19.5 Å². The molecule has 0 radical (unpaired) electrons. The highest BCUT2D eigenvalue weighted by atomic mass is 16.5. The summed E-state index contributed by atoms with van der Waals surface area (Å²) in [5, 5.41) is 8.74. The minimum Gasteiger partial charge on any atom is -0.370 e. The van der Waals surface area contributed by atoms with E-state index in [9.17, 15) is 9.59 Å². The SMILES string of the molecule is CC(=O)N1C[C@@]2(CN3CCc4cc(C(=O)NO)cnc4C3)C[C@@H]1CO2. The fourth-order valence-corrected chi connectivity index (χ4v) is 4.30. The van der Waals surface area contributed by atoms with Crippen molar-refractivity contribution in [1.29, 1.82) is 0 Å². The summed E-state index contributed by atoms with van der Waals surface area (Å²) in [4.78, 5) is 31.9. The smallest absolute Gasteiger partial charge is 0.276 e. The molecule has 1 aromatic heterocycles. The minimum absolute atomic E-state index is 0.121. The van der Waals surface area contributed by atoms with Crippen molar-refractivity contribution in [3.8, 4) is 0 Å². The summed E-state index contributed by atoms with van der Waals surface area (Å²) in [6, 6.07) is 2.01. The number of amides is 2. The zero-order valence-electron chi connectivity index (χ0n) is 14.2. The quantitative estimate of drug-likeness (QED) is 0.589. The number of carbonyl (C=O) groups excluding carboxylic acids is 2. The van der Waals surface area contributed by atoms with E-state index >= 15 is 0 Å². The highest BCUT2D eigenvalue weighted by molar-refractivity contribution is 5.93. The molecule has 2 bridgehead atoms. The van der Waals surface area contributed by atoms with Gasteiger partial charge in [-0.1, -0.05) is 0 Å². The molecule has 0 aromatic carbocycles. The number of pyridine rings is 1. The molecule has 2 saturated heterocycles. The summed E-state index contributed by atoms with van der Waals surface area (Å²) in [5.74, 6) is -0.423. The average Bonchev–Trinajstić information content (AvgIpc) is 3.18. The molecule has 8 heteroatoms. The molecule has 8 nitrogen and oxygen atoms in total. The maximum Gasteiger partial charge on any atom is 0.276 e. The minimum atomic E-state index is -0.544. The van der Waals surface area contributed by atoms with E-state index in [0.717, 1.165) is 37.2 Å². The fraction of sp³-hybridized carbons (Fsp3) is 0.588. The van der Waals surface area contributed by atoms with E-state index in [0.29, 0.717) is 25.3 Å². The van der Waals surface area contributed by atoms with E-state index in [1.807, 2.05) is 4.90 Å². The molecule has 2 N–H and O–H groups in total. The number of hydrogen-bond acceptors (Lipinski definition) is 6. The Morgan fingerprint density at radius 2 is 2.36 bits per heavy atom. The number of ether oxygens (including phenoxy) is 1. The van der Waals surface area contributed by atoms with Gasteiger partial charge in [0.1, 0.15) is 5.60 Å². The maximum atomic E-state index is 11.7. The van der Waals surface area contributed by atoms with E-state index in [1.54, 1.807) is 18.5 Å². The lowest BCUT2D eigenvalue weighted by atomic mass is 9.98. The van der Waals surface area contributed by atoms with E-state index in [4.69, 9.17) is 9.94 Å². The lowest BCUT2D eigenvalue weighted by Gasteiger charge is -2.37. The molecule has 0 aliphatic carbocycles. The number of carbonyl (C=O) groups is 2. The molecule has 3 aliphatic rings. The van der Waals surface area contributed by atoms with Crippen LogP contribution in [0, 0.1) is 0 Å². The standard InChI is InChI=1S/C17H22N4O4/c1-11(22)21-10-17(5-14(21)8-25-17)9-20-3-2-12-4-13(16(23)19-24)6-18-15(12)7-20/h4,6,14,24H,2-3,5,7-10H2,1H3,(H,19,23)/t14-,17+/m1/s1. The fourth-order valence-electron chi connectivity index (χ4n) is 4.30. The molecule has 4 rings (SSSR count). The zero-order chi connectivity index (χ0) is 17.6. The Kier molecular flexibility index (Phi) is 3.98. The van der Waals surface area contributed by atoms with E-state index in [-0.39, 0.29) is 17.6 Å². The third kappa shape index (κ3) is 2.90. The van der Waals surface area contributed by atoms with Crippen LogP contribution >= 0.6 is 0 Å². The second-order valence-corrected chi connectivity index (χ2v) is 7.23. The number of nitrogens with zero attached hydrogens (tertiary/aromatic N) is 3. The monoisotopic (exact) mass is 346 g/mol. The van der Waals surface area contributed by atoms with Crippen LogP contribution in [0.5, 0.6) is 0 Å². The van der Waals surface area contributed by atoms with Crippen LogP contribution in [0.1, 0.15) is 35.0 Å². The molecule has 2 amide bonds. The van der Waals surface area contributed by atoms with Gasteiger partial charge in [-0.05, 0) is 18.1 Å². The Labute approximate surface area is 145 Å². The first kappa shape index (κ1) is 16.4. The molecule has 4 heterocycles. The average molecular weight is 346 g/mol. The molecular formula is C17H22N4O4.